The monoisotopic (exact) mass is 448 g/mol. The molecule has 0 saturated heterocycles. The van der Waals surface area contributed by atoms with Crippen molar-refractivity contribution in [1.29, 1.82) is 0 Å². The topological polar surface area (TPSA) is 67.9 Å². The third kappa shape index (κ3) is 5.31. The zero-order chi connectivity index (χ0) is 23.4. The van der Waals surface area contributed by atoms with Gasteiger partial charge in [-0.15, -0.1) is 0 Å². The molecule has 0 saturated carbocycles. The highest BCUT2D eigenvalue weighted by Crippen LogP contribution is 2.31. The lowest BCUT2D eigenvalue weighted by molar-refractivity contribution is -0.135. The Morgan fingerprint density at radius 2 is 1.94 bits per heavy atom. The van der Waals surface area contributed by atoms with E-state index >= 15 is 0 Å². The lowest BCUT2D eigenvalue weighted by Crippen LogP contribution is -2.34. The smallest absolute Gasteiger partial charge is 0.261 e. The van der Waals surface area contributed by atoms with Crippen LogP contribution in [0.5, 0.6) is 11.5 Å². The standard InChI is InChI=1S/C26H25FN2O4/c1-17(19-6-8-21(27)9-7-19)29-15-20-14-22(10-11-24(20)33-16-26(29)31)28-25(30)13-18-4-3-5-23(12-18)32-2/h3-12,14,17H,13,15-16H2,1-2H3,(H,28,30). The van der Waals surface area contributed by atoms with Gasteiger partial charge in [0, 0.05) is 11.3 Å². The molecule has 4 rings (SSSR count). The molecule has 1 atom stereocenters. The minimum Gasteiger partial charge on any atom is -0.497 e. The van der Waals surface area contributed by atoms with Gasteiger partial charge in [-0.1, -0.05) is 24.3 Å². The van der Waals surface area contributed by atoms with E-state index in [1.165, 1.54) is 12.1 Å². The van der Waals surface area contributed by atoms with Crippen molar-refractivity contribution in [3.8, 4) is 11.5 Å². The van der Waals surface area contributed by atoms with E-state index in [2.05, 4.69) is 5.32 Å². The summed E-state index contributed by atoms with van der Waals surface area (Å²) in [7, 11) is 1.59. The van der Waals surface area contributed by atoms with Gasteiger partial charge in [0.2, 0.25) is 5.91 Å². The second-order valence-corrected chi connectivity index (χ2v) is 7.94. The first-order chi connectivity index (χ1) is 15.9. The van der Waals surface area contributed by atoms with Crippen LogP contribution >= 0.6 is 0 Å². The molecule has 1 N–H and O–H groups in total. The molecule has 33 heavy (non-hydrogen) atoms. The quantitative estimate of drug-likeness (QED) is 0.603. The van der Waals surface area contributed by atoms with E-state index in [0.717, 1.165) is 16.7 Å². The second kappa shape index (κ2) is 9.73. The zero-order valence-electron chi connectivity index (χ0n) is 18.5. The van der Waals surface area contributed by atoms with Crippen LogP contribution in [-0.4, -0.2) is 30.4 Å². The molecule has 0 fully saturated rings. The first-order valence-electron chi connectivity index (χ1n) is 10.7. The first kappa shape index (κ1) is 22.3. The van der Waals surface area contributed by atoms with Crippen LogP contribution in [-0.2, 0) is 22.6 Å². The molecule has 170 valence electrons. The first-order valence-corrected chi connectivity index (χ1v) is 10.7. The number of rotatable bonds is 6. The van der Waals surface area contributed by atoms with Gasteiger partial charge >= 0.3 is 0 Å². The number of amides is 2. The zero-order valence-corrected chi connectivity index (χ0v) is 18.5. The summed E-state index contributed by atoms with van der Waals surface area (Å²) in [6.07, 6.45) is 0.205. The number of nitrogens with one attached hydrogen (secondary N) is 1. The van der Waals surface area contributed by atoms with Crippen LogP contribution in [0.4, 0.5) is 10.1 Å². The van der Waals surface area contributed by atoms with Gasteiger partial charge in [0.05, 0.1) is 26.1 Å². The molecule has 2 amide bonds. The molecular weight excluding hydrogens is 423 g/mol. The van der Waals surface area contributed by atoms with Gasteiger partial charge in [-0.3, -0.25) is 9.59 Å². The molecule has 0 spiro atoms. The lowest BCUT2D eigenvalue weighted by Gasteiger charge is -2.28. The minimum absolute atomic E-state index is 0.0833. The number of fused-ring (bicyclic) bond motifs is 1. The summed E-state index contributed by atoms with van der Waals surface area (Å²) < 4.78 is 24.2. The molecule has 0 aromatic heterocycles. The number of hydrogen-bond donors (Lipinski definition) is 1. The SMILES string of the molecule is COc1cccc(CC(=O)Nc2ccc3c(c2)CN(C(C)c2ccc(F)cc2)C(=O)CO3)c1. The van der Waals surface area contributed by atoms with Crippen LogP contribution < -0.4 is 14.8 Å². The number of nitrogens with zero attached hydrogens (tertiary/aromatic N) is 1. The predicted octanol–water partition coefficient (Wildman–Crippen LogP) is 4.50. The van der Waals surface area contributed by atoms with Crippen LogP contribution in [0.3, 0.4) is 0 Å². The number of hydrogen-bond acceptors (Lipinski definition) is 4. The van der Waals surface area contributed by atoms with Gasteiger partial charge in [-0.05, 0) is 60.5 Å². The molecule has 0 bridgehead atoms. The van der Waals surface area contributed by atoms with E-state index in [4.69, 9.17) is 9.47 Å². The molecule has 0 radical (unpaired) electrons. The summed E-state index contributed by atoms with van der Waals surface area (Å²) in [5.41, 5.74) is 3.08. The molecular formula is C26H25FN2O4. The molecule has 7 heteroatoms. The minimum atomic E-state index is -0.323. The van der Waals surface area contributed by atoms with E-state index in [1.54, 1.807) is 36.3 Å². The van der Waals surface area contributed by atoms with E-state index in [-0.39, 0.29) is 36.7 Å². The highest BCUT2D eigenvalue weighted by molar-refractivity contribution is 5.92. The Labute approximate surface area is 191 Å². The highest BCUT2D eigenvalue weighted by Gasteiger charge is 2.27. The number of methoxy groups -OCH3 is 1. The number of carbonyl (C=O) groups excluding carboxylic acids is 2. The molecule has 6 nitrogen and oxygen atoms in total. The van der Waals surface area contributed by atoms with Gasteiger partial charge < -0.3 is 19.7 Å². The maximum absolute atomic E-state index is 13.3. The Morgan fingerprint density at radius 1 is 1.15 bits per heavy atom. The number of ether oxygens (including phenoxy) is 2. The molecule has 3 aromatic carbocycles. The van der Waals surface area contributed by atoms with Crippen molar-refractivity contribution >= 4 is 17.5 Å². The van der Waals surface area contributed by atoms with Gasteiger partial charge in [-0.25, -0.2) is 4.39 Å². The van der Waals surface area contributed by atoms with Crippen LogP contribution in [0.1, 0.15) is 29.7 Å². The average molecular weight is 448 g/mol. The van der Waals surface area contributed by atoms with Gasteiger partial charge in [0.25, 0.3) is 5.91 Å². The lowest BCUT2D eigenvalue weighted by atomic mass is 10.1. The molecule has 1 aliphatic rings. The van der Waals surface area contributed by atoms with Crippen molar-refractivity contribution in [2.45, 2.75) is 25.9 Å². The Morgan fingerprint density at radius 3 is 2.70 bits per heavy atom. The molecule has 0 aliphatic carbocycles. The predicted molar refractivity (Wildman–Crippen MR) is 123 cm³/mol. The summed E-state index contributed by atoms with van der Waals surface area (Å²) in [5, 5.41) is 2.91. The summed E-state index contributed by atoms with van der Waals surface area (Å²) >= 11 is 0. The number of anilines is 1. The fraction of sp³-hybridized carbons (Fsp3) is 0.231. The second-order valence-electron chi connectivity index (χ2n) is 7.94. The fourth-order valence-electron chi connectivity index (χ4n) is 3.86. The van der Waals surface area contributed by atoms with Crippen molar-refractivity contribution < 1.29 is 23.5 Å². The van der Waals surface area contributed by atoms with Gasteiger partial charge in [0.1, 0.15) is 17.3 Å². The highest BCUT2D eigenvalue weighted by atomic mass is 19.1. The van der Waals surface area contributed by atoms with E-state index in [9.17, 15) is 14.0 Å². The van der Waals surface area contributed by atoms with Crippen molar-refractivity contribution in [1.82, 2.24) is 4.90 Å². The Hall–Kier alpha value is -3.87. The Kier molecular flexibility index (Phi) is 6.58. The average Bonchev–Trinajstić information content (AvgIpc) is 2.97. The van der Waals surface area contributed by atoms with Crippen molar-refractivity contribution in [2.75, 3.05) is 19.0 Å². The number of carbonyl (C=O) groups is 2. The molecule has 3 aromatic rings. The van der Waals surface area contributed by atoms with Crippen molar-refractivity contribution in [3.05, 3.63) is 89.2 Å². The van der Waals surface area contributed by atoms with Crippen LogP contribution in [0.2, 0.25) is 0 Å². The molecule has 1 heterocycles. The van der Waals surface area contributed by atoms with E-state index in [0.29, 0.717) is 23.7 Å². The van der Waals surface area contributed by atoms with Crippen molar-refractivity contribution in [2.24, 2.45) is 0 Å². The normalized spacial score (nSPS) is 14.0. The van der Waals surface area contributed by atoms with Gasteiger partial charge in [0.15, 0.2) is 6.61 Å². The summed E-state index contributed by atoms with van der Waals surface area (Å²) in [6.45, 7) is 2.13. The van der Waals surface area contributed by atoms with Crippen LogP contribution in [0.15, 0.2) is 66.7 Å². The maximum Gasteiger partial charge on any atom is 0.261 e. The molecule has 1 aliphatic heterocycles. The number of benzene rings is 3. The summed E-state index contributed by atoms with van der Waals surface area (Å²) in [5.74, 6) is 0.651. The van der Waals surface area contributed by atoms with Gasteiger partial charge in [-0.2, -0.15) is 0 Å². The van der Waals surface area contributed by atoms with E-state index in [1.807, 2.05) is 37.3 Å². The Balaban J connectivity index is 1.49. The third-order valence-electron chi connectivity index (χ3n) is 5.68. The maximum atomic E-state index is 13.3. The fourth-order valence-corrected chi connectivity index (χ4v) is 3.86. The molecule has 1 unspecified atom stereocenters. The van der Waals surface area contributed by atoms with Crippen molar-refractivity contribution in [3.63, 3.8) is 0 Å². The van der Waals surface area contributed by atoms with Crippen LogP contribution in [0, 0.1) is 5.82 Å². The summed E-state index contributed by atoms with van der Waals surface area (Å²) in [6, 6.07) is 18.6. The Bertz CT molecular complexity index is 1160. The largest absolute Gasteiger partial charge is 0.497 e. The third-order valence-corrected chi connectivity index (χ3v) is 5.68. The number of halogens is 1. The summed E-state index contributed by atoms with van der Waals surface area (Å²) in [4.78, 5) is 27.0. The van der Waals surface area contributed by atoms with E-state index < -0.39 is 0 Å². The van der Waals surface area contributed by atoms with Crippen LogP contribution in [0.25, 0.3) is 0 Å².